The lowest BCUT2D eigenvalue weighted by Crippen LogP contribution is -2.28. The van der Waals surface area contributed by atoms with Crippen LogP contribution in [0.4, 0.5) is 14.2 Å². The van der Waals surface area contributed by atoms with Crippen molar-refractivity contribution in [3.63, 3.8) is 0 Å². The van der Waals surface area contributed by atoms with Crippen LogP contribution in [0, 0.1) is 12.7 Å². The number of nitrogens with zero attached hydrogens (tertiary/aromatic N) is 1. The minimum atomic E-state index is -1.16. The maximum absolute atomic E-state index is 13.2. The molecule has 0 aliphatic carbocycles. The first-order chi connectivity index (χ1) is 13.9. The summed E-state index contributed by atoms with van der Waals surface area (Å²) >= 11 is 2.21. The van der Waals surface area contributed by atoms with Crippen LogP contribution in [0.15, 0.2) is 53.6 Å². The second-order valence-corrected chi connectivity index (χ2v) is 7.95. The highest BCUT2D eigenvalue weighted by molar-refractivity contribution is 7.98. The van der Waals surface area contributed by atoms with Gasteiger partial charge in [0.2, 0.25) is 0 Å². The number of rotatable bonds is 7. The molecule has 0 spiro atoms. The summed E-state index contributed by atoms with van der Waals surface area (Å²) in [6.07, 6.45) is 0. The lowest BCUT2D eigenvalue weighted by atomic mass is 10.2. The molecule has 0 radical (unpaired) electrons. The molecule has 0 atom stereocenters. The number of thioether (sulfide) groups is 1. The number of aromatic carboxylic acids is 1. The van der Waals surface area contributed by atoms with Crippen molar-refractivity contribution in [3.8, 4) is 0 Å². The highest BCUT2D eigenvalue weighted by Gasteiger charge is 2.22. The van der Waals surface area contributed by atoms with Gasteiger partial charge in [-0.25, -0.2) is 14.0 Å². The van der Waals surface area contributed by atoms with E-state index in [1.807, 2.05) is 31.2 Å². The molecule has 150 valence electrons. The lowest BCUT2D eigenvalue weighted by molar-refractivity contribution is 0.0694. The summed E-state index contributed by atoms with van der Waals surface area (Å²) in [5.74, 6) is -0.990. The molecular formula is C20H18FN3O3S2. The zero-order chi connectivity index (χ0) is 20.8. The van der Waals surface area contributed by atoms with Crippen LogP contribution >= 0.6 is 23.3 Å². The van der Waals surface area contributed by atoms with E-state index < -0.39 is 17.8 Å². The van der Waals surface area contributed by atoms with Gasteiger partial charge >= 0.3 is 12.0 Å². The number of hydrogen-bond donors (Lipinski definition) is 3. The molecule has 9 heteroatoms. The Balaban J connectivity index is 1.63. The van der Waals surface area contributed by atoms with Crippen LogP contribution in [0.25, 0.3) is 0 Å². The van der Waals surface area contributed by atoms with Crippen molar-refractivity contribution < 1.29 is 19.1 Å². The Hall–Kier alpha value is -2.91. The van der Waals surface area contributed by atoms with Gasteiger partial charge in [-0.1, -0.05) is 53.7 Å². The maximum atomic E-state index is 13.2. The number of benzene rings is 2. The monoisotopic (exact) mass is 431 g/mol. The largest absolute Gasteiger partial charge is 0.477 e. The zero-order valence-corrected chi connectivity index (χ0v) is 17.1. The molecule has 3 aromatic rings. The van der Waals surface area contributed by atoms with Gasteiger partial charge in [0.1, 0.15) is 21.4 Å². The molecule has 1 aromatic heterocycles. The quantitative estimate of drug-likeness (QED) is 0.463. The number of amides is 2. The van der Waals surface area contributed by atoms with Gasteiger partial charge in [-0.15, -0.1) is 0 Å². The van der Waals surface area contributed by atoms with Crippen LogP contribution in [0.2, 0.25) is 0 Å². The van der Waals surface area contributed by atoms with Crippen molar-refractivity contribution in [1.82, 2.24) is 9.69 Å². The Labute approximate surface area is 175 Å². The summed E-state index contributed by atoms with van der Waals surface area (Å²) in [6, 6.07) is 13.2. The van der Waals surface area contributed by atoms with Crippen LogP contribution in [0.5, 0.6) is 0 Å². The van der Waals surface area contributed by atoms with Gasteiger partial charge in [-0.05, 0) is 41.7 Å². The Bertz CT molecular complexity index is 1020. The number of carbonyl (C=O) groups is 2. The van der Waals surface area contributed by atoms with E-state index in [1.54, 1.807) is 12.1 Å². The Morgan fingerprint density at radius 1 is 1.17 bits per heavy atom. The number of halogens is 1. The molecule has 0 saturated carbocycles. The zero-order valence-electron chi connectivity index (χ0n) is 15.4. The van der Waals surface area contributed by atoms with Gasteiger partial charge in [-0.3, -0.25) is 5.32 Å². The Kier molecular flexibility index (Phi) is 6.84. The highest BCUT2D eigenvalue weighted by Crippen LogP contribution is 2.33. The van der Waals surface area contributed by atoms with E-state index in [2.05, 4.69) is 15.0 Å². The van der Waals surface area contributed by atoms with Gasteiger partial charge < -0.3 is 10.4 Å². The van der Waals surface area contributed by atoms with Crippen LogP contribution in [0.3, 0.4) is 0 Å². The SMILES string of the molecule is Cc1ccc(CSc2nsc(NC(=O)NCc3cccc(F)c3)c2C(=O)O)cc1. The number of anilines is 1. The smallest absolute Gasteiger partial charge is 0.341 e. The minimum absolute atomic E-state index is 0.0342. The predicted molar refractivity (Wildman–Crippen MR) is 112 cm³/mol. The van der Waals surface area contributed by atoms with E-state index in [4.69, 9.17) is 0 Å². The third-order valence-corrected chi connectivity index (χ3v) is 5.86. The van der Waals surface area contributed by atoms with Crippen molar-refractivity contribution in [2.24, 2.45) is 0 Å². The topological polar surface area (TPSA) is 91.3 Å². The van der Waals surface area contributed by atoms with E-state index in [9.17, 15) is 19.1 Å². The van der Waals surface area contributed by atoms with Gasteiger partial charge in [0.05, 0.1) is 0 Å². The van der Waals surface area contributed by atoms with Crippen LogP contribution in [0.1, 0.15) is 27.0 Å². The Morgan fingerprint density at radius 2 is 1.93 bits per heavy atom. The van der Waals surface area contributed by atoms with Crippen molar-refractivity contribution in [2.45, 2.75) is 24.2 Å². The maximum Gasteiger partial charge on any atom is 0.341 e. The first-order valence-electron chi connectivity index (χ1n) is 8.63. The fourth-order valence-corrected chi connectivity index (χ4v) is 4.36. The summed E-state index contributed by atoms with van der Waals surface area (Å²) in [5.41, 5.74) is 2.76. The number of nitrogens with one attached hydrogen (secondary N) is 2. The lowest BCUT2D eigenvalue weighted by Gasteiger charge is -2.07. The molecule has 2 amide bonds. The molecule has 0 saturated heterocycles. The highest BCUT2D eigenvalue weighted by atomic mass is 32.2. The first-order valence-corrected chi connectivity index (χ1v) is 10.4. The second kappa shape index (κ2) is 9.53. The molecule has 0 unspecified atom stereocenters. The summed E-state index contributed by atoms with van der Waals surface area (Å²) in [6.45, 7) is 2.11. The molecular weight excluding hydrogens is 413 g/mol. The van der Waals surface area contributed by atoms with Gasteiger partial charge in [-0.2, -0.15) is 4.37 Å². The number of aryl methyl sites for hydroxylation is 1. The molecule has 0 aliphatic rings. The predicted octanol–water partition coefficient (Wildman–Crippen LogP) is 4.90. The van der Waals surface area contributed by atoms with E-state index >= 15 is 0 Å². The average molecular weight is 432 g/mol. The van der Waals surface area contributed by atoms with Crippen molar-refractivity contribution in [3.05, 3.63) is 76.6 Å². The summed E-state index contributed by atoms with van der Waals surface area (Å²) in [7, 11) is 0. The van der Waals surface area contributed by atoms with E-state index in [-0.39, 0.29) is 17.1 Å². The number of carboxylic acids is 1. The first kappa shape index (κ1) is 20.8. The van der Waals surface area contributed by atoms with Crippen LogP contribution in [-0.4, -0.2) is 21.5 Å². The standard InChI is InChI=1S/C20H18FN3O3S2/c1-12-5-7-13(8-6-12)11-28-18-16(19(25)26)17(29-24-18)23-20(27)22-10-14-3-2-4-15(21)9-14/h2-9H,10-11H2,1H3,(H,25,26)(H2,22,23,27). The van der Waals surface area contributed by atoms with E-state index in [0.29, 0.717) is 16.3 Å². The average Bonchev–Trinajstić information content (AvgIpc) is 3.08. The van der Waals surface area contributed by atoms with Gasteiger partial charge in [0.15, 0.2) is 0 Å². The van der Waals surface area contributed by atoms with Crippen molar-refractivity contribution in [1.29, 1.82) is 0 Å². The van der Waals surface area contributed by atoms with E-state index in [1.165, 1.54) is 23.9 Å². The number of carboxylic acid groups (broad SMARTS) is 1. The number of carbonyl (C=O) groups excluding carboxylic acids is 1. The van der Waals surface area contributed by atoms with Gasteiger partial charge in [0, 0.05) is 12.3 Å². The number of aromatic nitrogens is 1. The van der Waals surface area contributed by atoms with Gasteiger partial charge in [0.25, 0.3) is 0 Å². The van der Waals surface area contributed by atoms with E-state index in [0.717, 1.165) is 22.7 Å². The molecule has 0 bridgehead atoms. The molecule has 3 rings (SSSR count). The third kappa shape index (κ3) is 5.78. The van der Waals surface area contributed by atoms with Crippen LogP contribution < -0.4 is 10.6 Å². The minimum Gasteiger partial charge on any atom is -0.477 e. The number of urea groups is 1. The summed E-state index contributed by atoms with van der Waals surface area (Å²) in [4.78, 5) is 23.8. The fraction of sp³-hybridized carbons (Fsp3) is 0.150. The molecule has 2 aromatic carbocycles. The van der Waals surface area contributed by atoms with Crippen molar-refractivity contribution in [2.75, 3.05) is 5.32 Å². The molecule has 0 aliphatic heterocycles. The molecule has 6 nitrogen and oxygen atoms in total. The molecule has 1 heterocycles. The molecule has 3 N–H and O–H groups in total. The Morgan fingerprint density at radius 3 is 2.62 bits per heavy atom. The molecule has 0 fully saturated rings. The normalized spacial score (nSPS) is 10.6. The van der Waals surface area contributed by atoms with Crippen LogP contribution in [-0.2, 0) is 12.3 Å². The third-order valence-electron chi connectivity index (χ3n) is 3.94. The fourth-order valence-electron chi connectivity index (χ4n) is 2.46. The second-order valence-electron chi connectivity index (χ2n) is 6.21. The molecule has 29 heavy (non-hydrogen) atoms. The number of hydrogen-bond acceptors (Lipinski definition) is 5. The summed E-state index contributed by atoms with van der Waals surface area (Å²) < 4.78 is 17.4. The van der Waals surface area contributed by atoms with Crippen molar-refractivity contribution >= 4 is 40.3 Å². The summed E-state index contributed by atoms with van der Waals surface area (Å²) in [5, 5.41) is 15.2.